The molecule has 0 unspecified atom stereocenters. The predicted octanol–water partition coefficient (Wildman–Crippen LogP) is 2.25. The van der Waals surface area contributed by atoms with Gasteiger partial charge in [-0.1, -0.05) is 25.4 Å². The van der Waals surface area contributed by atoms with Crippen LogP contribution >= 0.6 is 11.6 Å². The molecule has 0 aliphatic rings. The Morgan fingerprint density at radius 1 is 1.41 bits per heavy atom. The zero-order valence-electron chi connectivity index (χ0n) is 9.90. The highest BCUT2D eigenvalue weighted by Gasteiger charge is 2.14. The number of sulfonamides is 1. The number of nitrogens with one attached hydrogen (secondary N) is 1. The molecule has 0 atom stereocenters. The number of nitrogen functional groups attached to an aromatic ring is 1. The third-order valence-corrected chi connectivity index (χ3v) is 4.09. The van der Waals surface area contributed by atoms with Gasteiger partial charge in [0.25, 0.3) is 0 Å². The highest BCUT2D eigenvalue weighted by molar-refractivity contribution is 7.89. The van der Waals surface area contributed by atoms with Crippen LogP contribution in [0, 0.1) is 5.92 Å². The summed E-state index contributed by atoms with van der Waals surface area (Å²) in [6, 6.07) is 4.28. The molecule has 3 N–H and O–H groups in total. The van der Waals surface area contributed by atoms with Gasteiger partial charge in [-0.3, -0.25) is 0 Å². The summed E-state index contributed by atoms with van der Waals surface area (Å²) in [6.07, 6.45) is 0.794. The average molecular weight is 277 g/mol. The molecule has 96 valence electrons. The van der Waals surface area contributed by atoms with Gasteiger partial charge in [0, 0.05) is 6.54 Å². The quantitative estimate of drug-likeness (QED) is 0.810. The first-order valence-electron chi connectivity index (χ1n) is 5.37. The number of hydrogen-bond donors (Lipinski definition) is 2. The van der Waals surface area contributed by atoms with Crippen molar-refractivity contribution in [3.63, 3.8) is 0 Å². The average Bonchev–Trinajstić information content (AvgIpc) is 2.21. The van der Waals surface area contributed by atoms with Crippen LogP contribution in [0.4, 0.5) is 5.69 Å². The zero-order chi connectivity index (χ0) is 13.1. The van der Waals surface area contributed by atoms with Gasteiger partial charge in [0.2, 0.25) is 10.0 Å². The molecule has 0 aliphatic carbocycles. The fourth-order valence-corrected chi connectivity index (χ4v) is 2.45. The maximum atomic E-state index is 11.9. The SMILES string of the molecule is CC(C)CCNS(=O)(=O)c1ccc(Cl)c(N)c1. The van der Waals surface area contributed by atoms with Crippen molar-refractivity contribution in [1.29, 1.82) is 0 Å². The van der Waals surface area contributed by atoms with E-state index in [1.54, 1.807) is 0 Å². The van der Waals surface area contributed by atoms with Crippen LogP contribution in [0.25, 0.3) is 0 Å². The Morgan fingerprint density at radius 2 is 2.06 bits per heavy atom. The van der Waals surface area contributed by atoms with Gasteiger partial charge < -0.3 is 5.73 Å². The van der Waals surface area contributed by atoms with E-state index in [2.05, 4.69) is 4.72 Å². The van der Waals surface area contributed by atoms with E-state index in [4.69, 9.17) is 17.3 Å². The molecule has 0 aromatic heterocycles. The lowest BCUT2D eigenvalue weighted by Crippen LogP contribution is -2.25. The fraction of sp³-hybridized carbons (Fsp3) is 0.455. The first-order valence-corrected chi connectivity index (χ1v) is 7.23. The Bertz CT molecular complexity index is 486. The molecule has 1 aromatic carbocycles. The Morgan fingerprint density at radius 3 is 2.59 bits per heavy atom. The van der Waals surface area contributed by atoms with Crippen molar-refractivity contribution in [3.05, 3.63) is 23.2 Å². The van der Waals surface area contributed by atoms with Gasteiger partial charge in [0.05, 0.1) is 15.6 Å². The Kier molecular flexibility index (Phi) is 4.80. The summed E-state index contributed by atoms with van der Waals surface area (Å²) in [5.41, 5.74) is 5.83. The molecule has 0 bridgehead atoms. The second-order valence-corrected chi connectivity index (χ2v) is 6.44. The van der Waals surface area contributed by atoms with E-state index in [1.165, 1.54) is 18.2 Å². The number of halogens is 1. The highest BCUT2D eigenvalue weighted by Crippen LogP contribution is 2.22. The number of anilines is 1. The van der Waals surface area contributed by atoms with Crippen LogP contribution in [-0.2, 0) is 10.0 Å². The van der Waals surface area contributed by atoms with Gasteiger partial charge in [-0.15, -0.1) is 0 Å². The summed E-state index contributed by atoms with van der Waals surface area (Å²) in [5.74, 6) is 0.452. The van der Waals surface area contributed by atoms with Crippen LogP contribution in [0.5, 0.6) is 0 Å². The maximum absolute atomic E-state index is 11.9. The van der Waals surface area contributed by atoms with E-state index >= 15 is 0 Å². The lowest BCUT2D eigenvalue weighted by molar-refractivity contribution is 0.551. The monoisotopic (exact) mass is 276 g/mol. The molecule has 1 rings (SSSR count). The van der Waals surface area contributed by atoms with Crippen molar-refractivity contribution in [3.8, 4) is 0 Å². The molecule has 0 fully saturated rings. The second kappa shape index (κ2) is 5.71. The summed E-state index contributed by atoms with van der Waals surface area (Å²) >= 11 is 5.74. The van der Waals surface area contributed by atoms with E-state index < -0.39 is 10.0 Å². The molecule has 0 saturated carbocycles. The highest BCUT2D eigenvalue weighted by atomic mass is 35.5. The molecule has 0 heterocycles. The van der Waals surface area contributed by atoms with Crippen molar-refractivity contribution in [2.45, 2.75) is 25.2 Å². The van der Waals surface area contributed by atoms with Crippen LogP contribution in [-0.4, -0.2) is 15.0 Å². The lowest BCUT2D eigenvalue weighted by Gasteiger charge is -2.09. The van der Waals surface area contributed by atoms with E-state index in [1.807, 2.05) is 13.8 Å². The smallest absolute Gasteiger partial charge is 0.240 e. The van der Waals surface area contributed by atoms with Crippen molar-refractivity contribution in [2.75, 3.05) is 12.3 Å². The molecule has 4 nitrogen and oxygen atoms in total. The van der Waals surface area contributed by atoms with Crippen molar-refractivity contribution >= 4 is 27.3 Å². The molecule has 0 aliphatic heterocycles. The molecule has 0 spiro atoms. The first-order chi connectivity index (χ1) is 7.83. The van der Waals surface area contributed by atoms with E-state index in [0.29, 0.717) is 17.5 Å². The largest absolute Gasteiger partial charge is 0.397 e. The van der Waals surface area contributed by atoms with Crippen LogP contribution in [0.1, 0.15) is 20.3 Å². The van der Waals surface area contributed by atoms with Gasteiger partial charge in [0.15, 0.2) is 0 Å². The van der Waals surface area contributed by atoms with Gasteiger partial charge >= 0.3 is 0 Å². The minimum Gasteiger partial charge on any atom is -0.397 e. The topological polar surface area (TPSA) is 72.2 Å². The van der Waals surface area contributed by atoms with E-state index in [9.17, 15) is 8.42 Å². The van der Waals surface area contributed by atoms with Crippen LogP contribution in [0.2, 0.25) is 5.02 Å². The van der Waals surface area contributed by atoms with Gasteiger partial charge in [0.1, 0.15) is 0 Å². The summed E-state index contributed by atoms with van der Waals surface area (Å²) in [7, 11) is -3.48. The maximum Gasteiger partial charge on any atom is 0.240 e. The third kappa shape index (κ3) is 4.18. The summed E-state index contributed by atoms with van der Waals surface area (Å²) in [4.78, 5) is 0.142. The number of rotatable bonds is 5. The van der Waals surface area contributed by atoms with Crippen molar-refractivity contribution < 1.29 is 8.42 Å². The number of benzene rings is 1. The van der Waals surface area contributed by atoms with Gasteiger partial charge in [-0.2, -0.15) is 0 Å². The summed E-state index contributed by atoms with van der Waals surface area (Å²) in [5, 5.41) is 0.353. The molecular weight excluding hydrogens is 260 g/mol. The van der Waals surface area contributed by atoms with Crippen LogP contribution in [0.3, 0.4) is 0 Å². The van der Waals surface area contributed by atoms with E-state index in [0.717, 1.165) is 6.42 Å². The Hall–Kier alpha value is -0.780. The molecule has 0 amide bonds. The summed E-state index contributed by atoms with van der Waals surface area (Å²) < 4.78 is 26.3. The normalized spacial score (nSPS) is 12.0. The zero-order valence-corrected chi connectivity index (χ0v) is 11.5. The number of nitrogens with two attached hydrogens (primary N) is 1. The predicted molar refractivity (Wildman–Crippen MR) is 70.5 cm³/mol. The molecule has 0 radical (unpaired) electrons. The fourth-order valence-electron chi connectivity index (χ4n) is 1.25. The van der Waals surface area contributed by atoms with Crippen molar-refractivity contribution in [2.24, 2.45) is 5.92 Å². The van der Waals surface area contributed by atoms with Crippen LogP contribution < -0.4 is 10.5 Å². The second-order valence-electron chi connectivity index (χ2n) is 4.26. The van der Waals surface area contributed by atoms with Crippen molar-refractivity contribution in [1.82, 2.24) is 4.72 Å². The van der Waals surface area contributed by atoms with Crippen LogP contribution in [0.15, 0.2) is 23.1 Å². The Balaban J connectivity index is 2.79. The molecular formula is C11H17ClN2O2S. The van der Waals surface area contributed by atoms with Gasteiger partial charge in [-0.25, -0.2) is 13.1 Å². The first kappa shape index (κ1) is 14.3. The minimum absolute atomic E-state index is 0.142. The molecule has 17 heavy (non-hydrogen) atoms. The van der Waals surface area contributed by atoms with Gasteiger partial charge in [-0.05, 0) is 30.5 Å². The minimum atomic E-state index is -3.48. The standard InChI is InChI=1S/C11H17ClN2O2S/c1-8(2)5-6-14-17(15,16)9-3-4-10(12)11(13)7-9/h3-4,7-8,14H,5-6,13H2,1-2H3. The summed E-state index contributed by atoms with van der Waals surface area (Å²) in [6.45, 7) is 4.49. The number of hydrogen-bond acceptors (Lipinski definition) is 3. The molecule has 6 heteroatoms. The Labute approximate surface area is 107 Å². The molecule has 1 aromatic rings. The van der Waals surface area contributed by atoms with E-state index in [-0.39, 0.29) is 10.6 Å². The third-order valence-electron chi connectivity index (χ3n) is 2.29. The lowest BCUT2D eigenvalue weighted by atomic mass is 10.1. The molecule has 0 saturated heterocycles.